The van der Waals surface area contributed by atoms with Gasteiger partial charge in [-0.25, -0.2) is 15.0 Å². The fourth-order valence-corrected chi connectivity index (χ4v) is 11.0. The predicted molar refractivity (Wildman–Crippen MR) is 199 cm³/mol. The van der Waals surface area contributed by atoms with Gasteiger partial charge in [-0.1, -0.05) is 165 Å². The molecule has 9 rings (SSSR count). The summed E-state index contributed by atoms with van der Waals surface area (Å²) in [4.78, 5) is 15.4. The van der Waals surface area contributed by atoms with E-state index in [9.17, 15) is 0 Å². The summed E-state index contributed by atoms with van der Waals surface area (Å²) in [5.41, 5.74) is 7.94. The molecule has 0 radical (unpaired) electrons. The van der Waals surface area contributed by atoms with Crippen molar-refractivity contribution in [1.82, 2.24) is 15.0 Å². The predicted octanol–water partition coefficient (Wildman–Crippen LogP) is 9.65. The lowest BCUT2D eigenvalue weighted by atomic mass is 9.93. The van der Waals surface area contributed by atoms with Gasteiger partial charge in [-0.15, -0.1) is 0 Å². The third kappa shape index (κ3) is 4.37. The van der Waals surface area contributed by atoms with E-state index < -0.39 is 8.07 Å². The van der Waals surface area contributed by atoms with Crippen LogP contribution in [0.3, 0.4) is 0 Å². The Balaban J connectivity index is 1.27. The first kappa shape index (κ1) is 27.6. The highest BCUT2D eigenvalue weighted by Crippen LogP contribution is 2.40. The lowest BCUT2D eigenvalue weighted by Crippen LogP contribution is -2.49. The molecule has 3 nitrogen and oxygen atoms in total. The number of hydrogen-bond donors (Lipinski definition) is 0. The van der Waals surface area contributed by atoms with E-state index in [0.717, 1.165) is 27.8 Å². The maximum atomic E-state index is 5.20. The third-order valence-electron chi connectivity index (χ3n) is 9.70. The normalized spacial score (nSPS) is 13.1. The quantitative estimate of drug-likeness (QED) is 0.146. The SMILES string of the molecule is C[Si]1(C)c2cc(-c3nc(-c4ccccc4)nc(-c4ccccc4-c4ccccc4)n3)ccc2-c2c1c1ccccc1c1ccccc21. The van der Waals surface area contributed by atoms with Gasteiger partial charge >= 0.3 is 0 Å². The van der Waals surface area contributed by atoms with Crippen molar-refractivity contribution in [3.8, 4) is 56.4 Å². The highest BCUT2D eigenvalue weighted by molar-refractivity contribution is 7.05. The van der Waals surface area contributed by atoms with Crippen LogP contribution in [0.15, 0.2) is 152 Å². The van der Waals surface area contributed by atoms with Crippen molar-refractivity contribution in [3.05, 3.63) is 152 Å². The molecule has 222 valence electrons. The molecule has 0 aliphatic carbocycles. The Morgan fingerprint density at radius 3 is 1.60 bits per heavy atom. The summed E-state index contributed by atoms with van der Waals surface area (Å²) < 4.78 is 0. The molecule has 4 heteroatoms. The average molecular weight is 618 g/mol. The smallest absolute Gasteiger partial charge is 0.164 e. The summed E-state index contributed by atoms with van der Waals surface area (Å²) in [7, 11) is -2.11. The van der Waals surface area contributed by atoms with Crippen LogP contribution >= 0.6 is 0 Å². The number of fused-ring (bicyclic) bond motifs is 8. The standard InChI is InChI=1S/C43H31N3Si/c1-47(2)38-27-30(25-26-37(38)39-34-22-12-10-20-32(34)33-21-11-13-23-35(33)40(39)47)42-44-41(29-17-7-4-8-18-29)45-43(46-42)36-24-14-9-19-31(36)28-15-5-3-6-16-28/h3-27H,1-2H3. The molecule has 1 aromatic heterocycles. The van der Waals surface area contributed by atoms with E-state index in [0.29, 0.717) is 17.5 Å². The van der Waals surface area contributed by atoms with Crippen LogP contribution in [0.25, 0.3) is 78.0 Å². The monoisotopic (exact) mass is 617 g/mol. The molecule has 0 atom stereocenters. The van der Waals surface area contributed by atoms with Gasteiger partial charge in [0.2, 0.25) is 0 Å². The minimum atomic E-state index is -2.11. The van der Waals surface area contributed by atoms with Gasteiger partial charge in [-0.05, 0) is 54.2 Å². The van der Waals surface area contributed by atoms with Gasteiger partial charge in [0, 0.05) is 16.7 Å². The molecule has 47 heavy (non-hydrogen) atoms. The Kier molecular flexibility index (Phi) is 6.27. The summed E-state index contributed by atoms with van der Waals surface area (Å²) >= 11 is 0. The number of benzene rings is 7. The molecule has 0 bridgehead atoms. The number of rotatable bonds is 4. The van der Waals surface area contributed by atoms with Crippen molar-refractivity contribution in [3.63, 3.8) is 0 Å². The summed E-state index contributed by atoms with van der Waals surface area (Å²) in [5, 5.41) is 8.32. The second-order valence-corrected chi connectivity index (χ2v) is 17.1. The Morgan fingerprint density at radius 2 is 0.894 bits per heavy atom. The zero-order valence-corrected chi connectivity index (χ0v) is 27.3. The molecule has 0 saturated heterocycles. The van der Waals surface area contributed by atoms with Gasteiger partial charge in [-0.3, -0.25) is 0 Å². The molecule has 7 aromatic carbocycles. The van der Waals surface area contributed by atoms with Gasteiger partial charge in [0.05, 0.1) is 0 Å². The van der Waals surface area contributed by atoms with E-state index in [2.05, 4.69) is 140 Å². The molecule has 0 saturated carbocycles. The van der Waals surface area contributed by atoms with Gasteiger partial charge in [0.15, 0.2) is 17.5 Å². The largest absolute Gasteiger partial charge is 0.208 e. The summed E-state index contributed by atoms with van der Waals surface area (Å²) in [6, 6.07) is 53.8. The fourth-order valence-electron chi connectivity index (χ4n) is 7.51. The van der Waals surface area contributed by atoms with E-state index >= 15 is 0 Å². The summed E-state index contributed by atoms with van der Waals surface area (Å²) in [6.45, 7) is 4.99. The Morgan fingerprint density at radius 1 is 0.383 bits per heavy atom. The molecule has 0 N–H and O–H groups in total. The van der Waals surface area contributed by atoms with Crippen LogP contribution in [0.5, 0.6) is 0 Å². The van der Waals surface area contributed by atoms with Crippen LogP contribution < -0.4 is 10.4 Å². The van der Waals surface area contributed by atoms with Gasteiger partial charge in [0.25, 0.3) is 0 Å². The zero-order valence-electron chi connectivity index (χ0n) is 26.3. The van der Waals surface area contributed by atoms with Crippen LogP contribution in [0.2, 0.25) is 13.1 Å². The first-order valence-corrected chi connectivity index (χ1v) is 19.1. The molecule has 8 aromatic rings. The average Bonchev–Trinajstić information content (AvgIpc) is 3.38. The van der Waals surface area contributed by atoms with Crippen molar-refractivity contribution >= 4 is 40.0 Å². The van der Waals surface area contributed by atoms with Gasteiger partial charge < -0.3 is 0 Å². The molecular formula is C43H31N3Si. The van der Waals surface area contributed by atoms with Crippen molar-refractivity contribution in [1.29, 1.82) is 0 Å². The van der Waals surface area contributed by atoms with Crippen molar-refractivity contribution in [2.24, 2.45) is 0 Å². The van der Waals surface area contributed by atoms with E-state index in [1.54, 1.807) is 0 Å². The minimum absolute atomic E-state index is 0.672. The number of nitrogens with zero attached hydrogens (tertiary/aromatic N) is 3. The van der Waals surface area contributed by atoms with Crippen LogP contribution in [0.4, 0.5) is 0 Å². The van der Waals surface area contributed by atoms with Crippen molar-refractivity contribution < 1.29 is 0 Å². The lowest BCUT2D eigenvalue weighted by molar-refractivity contribution is 1.07. The van der Waals surface area contributed by atoms with Gasteiger partial charge in [0.1, 0.15) is 8.07 Å². The highest BCUT2D eigenvalue weighted by Gasteiger charge is 2.40. The van der Waals surface area contributed by atoms with Crippen molar-refractivity contribution in [2.75, 3.05) is 0 Å². The van der Waals surface area contributed by atoms with Crippen LogP contribution in [-0.4, -0.2) is 23.0 Å². The Bertz CT molecular complexity index is 2490. The van der Waals surface area contributed by atoms with E-state index in [1.807, 2.05) is 24.3 Å². The molecule has 2 heterocycles. The fraction of sp³-hybridized carbons (Fsp3) is 0.0465. The van der Waals surface area contributed by atoms with E-state index in [-0.39, 0.29) is 0 Å². The molecule has 0 unspecified atom stereocenters. The van der Waals surface area contributed by atoms with E-state index in [1.165, 1.54) is 43.0 Å². The first-order valence-electron chi connectivity index (χ1n) is 16.1. The molecule has 0 fully saturated rings. The summed E-state index contributed by atoms with van der Waals surface area (Å²) in [6.07, 6.45) is 0. The van der Waals surface area contributed by atoms with Gasteiger partial charge in [-0.2, -0.15) is 0 Å². The molecule has 0 amide bonds. The molecule has 1 aliphatic heterocycles. The molecule has 1 aliphatic rings. The van der Waals surface area contributed by atoms with Crippen LogP contribution in [-0.2, 0) is 0 Å². The van der Waals surface area contributed by atoms with Crippen LogP contribution in [0.1, 0.15) is 0 Å². The second-order valence-electron chi connectivity index (χ2n) is 12.8. The van der Waals surface area contributed by atoms with E-state index in [4.69, 9.17) is 15.0 Å². The Labute approximate surface area is 275 Å². The highest BCUT2D eigenvalue weighted by atomic mass is 28.3. The first-order chi connectivity index (χ1) is 23.1. The van der Waals surface area contributed by atoms with Crippen LogP contribution in [0, 0.1) is 0 Å². The maximum Gasteiger partial charge on any atom is 0.164 e. The zero-order chi connectivity index (χ0) is 31.5. The lowest BCUT2D eigenvalue weighted by Gasteiger charge is -2.22. The topological polar surface area (TPSA) is 38.7 Å². The number of aromatic nitrogens is 3. The van der Waals surface area contributed by atoms with Crippen molar-refractivity contribution in [2.45, 2.75) is 13.1 Å². The third-order valence-corrected chi connectivity index (χ3v) is 13.2. The maximum absolute atomic E-state index is 5.20. The minimum Gasteiger partial charge on any atom is -0.208 e. The molecule has 0 spiro atoms. The number of hydrogen-bond acceptors (Lipinski definition) is 3. The summed E-state index contributed by atoms with van der Waals surface area (Å²) in [5.74, 6) is 2.03. The molecular weight excluding hydrogens is 587 g/mol. The Hall–Kier alpha value is -5.71. The second kappa shape index (κ2) is 10.7.